The van der Waals surface area contributed by atoms with E-state index in [0.717, 1.165) is 0 Å². The average molecular weight is 629 g/mol. The first-order valence-corrected chi connectivity index (χ1v) is 11.2. The van der Waals surface area contributed by atoms with Crippen molar-refractivity contribution in [1.82, 2.24) is 0 Å². The van der Waals surface area contributed by atoms with Gasteiger partial charge in [-0.2, -0.15) is 0 Å². The van der Waals surface area contributed by atoms with Gasteiger partial charge in [-0.15, -0.1) is 0 Å². The molecule has 0 aliphatic heterocycles. The Morgan fingerprint density at radius 2 is 1.69 bits per heavy atom. The highest BCUT2D eigenvalue weighted by atomic mass is 79.9. The van der Waals surface area contributed by atoms with Crippen LogP contribution in [-0.4, -0.2) is 21.9 Å². The van der Waals surface area contributed by atoms with Crippen molar-refractivity contribution in [3.63, 3.8) is 0 Å². The number of anilines is 1. The lowest BCUT2D eigenvalue weighted by atomic mass is 10.1. The van der Waals surface area contributed by atoms with E-state index in [4.69, 9.17) is 4.74 Å². The smallest absolute Gasteiger partial charge is 0.343 e. The minimum Gasteiger partial charge on any atom is -0.506 e. The fourth-order valence-corrected chi connectivity index (χ4v) is 4.40. The predicted molar refractivity (Wildman–Crippen MR) is 128 cm³/mol. The highest BCUT2D eigenvalue weighted by Gasteiger charge is 2.28. The second-order valence-corrected chi connectivity index (χ2v) is 9.01. The van der Waals surface area contributed by atoms with Crippen molar-refractivity contribution in [2.45, 2.75) is 6.10 Å². The highest BCUT2D eigenvalue weighted by molar-refractivity contribution is 9.11. The van der Waals surface area contributed by atoms with E-state index in [-0.39, 0.29) is 31.6 Å². The standard InChI is InChI=1S/C21H13Br3N2O6/c22-12-8-14(18(27)16(24)9-12)21(29)32-19(11-4-2-1-3-5-11)20(28)25-17-7-6-13(26(30)31)10-15(17)23/h1-10,19,27H,(H,25,28). The van der Waals surface area contributed by atoms with Crippen LogP contribution in [-0.2, 0) is 9.53 Å². The first-order chi connectivity index (χ1) is 15.2. The number of benzene rings is 3. The Morgan fingerprint density at radius 3 is 2.31 bits per heavy atom. The summed E-state index contributed by atoms with van der Waals surface area (Å²) in [6, 6.07) is 15.1. The minimum absolute atomic E-state index is 0.142. The number of phenolic OH excluding ortho intramolecular Hbond substituents is 1. The molecule has 8 nitrogen and oxygen atoms in total. The molecule has 0 heterocycles. The third-order valence-electron chi connectivity index (χ3n) is 4.23. The summed E-state index contributed by atoms with van der Waals surface area (Å²) in [6.07, 6.45) is -1.36. The number of amides is 1. The molecule has 0 spiro atoms. The first-order valence-electron chi connectivity index (χ1n) is 8.86. The van der Waals surface area contributed by atoms with E-state index >= 15 is 0 Å². The van der Waals surface area contributed by atoms with Gasteiger partial charge in [-0.25, -0.2) is 4.79 Å². The molecule has 1 unspecified atom stereocenters. The van der Waals surface area contributed by atoms with Gasteiger partial charge >= 0.3 is 5.97 Å². The zero-order valence-electron chi connectivity index (χ0n) is 15.9. The monoisotopic (exact) mass is 626 g/mol. The van der Waals surface area contributed by atoms with Crippen LogP contribution in [0, 0.1) is 10.1 Å². The van der Waals surface area contributed by atoms with Gasteiger partial charge in [0, 0.05) is 26.6 Å². The SMILES string of the molecule is O=C(OC(C(=O)Nc1ccc([N+](=O)[O-])cc1Br)c1ccccc1)c1cc(Br)cc(Br)c1O. The van der Waals surface area contributed by atoms with Crippen LogP contribution < -0.4 is 5.32 Å². The molecule has 32 heavy (non-hydrogen) atoms. The number of nitro groups is 1. The molecule has 0 bridgehead atoms. The normalized spacial score (nSPS) is 11.5. The van der Waals surface area contributed by atoms with Crippen LogP contribution in [0.15, 0.2) is 74.1 Å². The summed E-state index contributed by atoms with van der Waals surface area (Å²) in [5, 5.41) is 23.8. The van der Waals surface area contributed by atoms with Gasteiger partial charge in [0.15, 0.2) is 0 Å². The van der Waals surface area contributed by atoms with Crippen molar-refractivity contribution in [1.29, 1.82) is 0 Å². The number of rotatable bonds is 6. The topological polar surface area (TPSA) is 119 Å². The van der Waals surface area contributed by atoms with Crippen LogP contribution in [0.4, 0.5) is 11.4 Å². The number of nitro benzene ring substituents is 1. The largest absolute Gasteiger partial charge is 0.506 e. The van der Waals surface area contributed by atoms with Crippen molar-refractivity contribution in [3.8, 4) is 5.75 Å². The number of hydrogen-bond donors (Lipinski definition) is 2. The van der Waals surface area contributed by atoms with E-state index in [0.29, 0.717) is 10.0 Å². The molecule has 3 aromatic carbocycles. The van der Waals surface area contributed by atoms with E-state index in [2.05, 4.69) is 53.1 Å². The van der Waals surface area contributed by atoms with Crippen molar-refractivity contribution in [2.24, 2.45) is 0 Å². The maximum Gasteiger partial charge on any atom is 0.343 e. The van der Waals surface area contributed by atoms with Gasteiger partial charge in [-0.05, 0) is 50.1 Å². The lowest BCUT2D eigenvalue weighted by molar-refractivity contribution is -0.384. The average Bonchev–Trinajstić information content (AvgIpc) is 2.76. The van der Waals surface area contributed by atoms with Crippen molar-refractivity contribution < 1.29 is 24.4 Å². The Kier molecular flexibility index (Phi) is 7.64. The molecular weight excluding hydrogens is 616 g/mol. The van der Waals surface area contributed by atoms with Crippen LogP contribution in [0.25, 0.3) is 0 Å². The van der Waals surface area contributed by atoms with Gasteiger partial charge in [0.05, 0.1) is 15.1 Å². The molecule has 1 atom stereocenters. The first kappa shape index (κ1) is 23.9. The maximum absolute atomic E-state index is 13.0. The maximum atomic E-state index is 13.0. The number of hydrogen-bond acceptors (Lipinski definition) is 6. The summed E-state index contributed by atoms with van der Waals surface area (Å²) in [7, 11) is 0. The summed E-state index contributed by atoms with van der Waals surface area (Å²) in [4.78, 5) is 36.2. The molecule has 3 rings (SSSR count). The molecule has 0 fully saturated rings. The Balaban J connectivity index is 1.91. The summed E-state index contributed by atoms with van der Waals surface area (Å²) < 4.78 is 6.55. The minimum atomic E-state index is -1.36. The number of non-ortho nitro benzene ring substituents is 1. The molecule has 0 saturated carbocycles. The lowest BCUT2D eigenvalue weighted by Crippen LogP contribution is -2.26. The van der Waals surface area contributed by atoms with Crippen LogP contribution in [0.5, 0.6) is 5.75 Å². The zero-order valence-corrected chi connectivity index (χ0v) is 20.7. The molecule has 0 aliphatic carbocycles. The van der Waals surface area contributed by atoms with Crippen molar-refractivity contribution in [2.75, 3.05) is 5.32 Å². The molecule has 1 amide bonds. The second kappa shape index (κ2) is 10.2. The molecular formula is C21H13Br3N2O6. The van der Waals surface area contributed by atoms with Crippen LogP contribution in [0.1, 0.15) is 22.0 Å². The Morgan fingerprint density at radius 1 is 1.00 bits per heavy atom. The number of phenols is 1. The van der Waals surface area contributed by atoms with Crippen molar-refractivity contribution in [3.05, 3.63) is 95.3 Å². The second-order valence-electron chi connectivity index (χ2n) is 6.39. The summed E-state index contributed by atoms with van der Waals surface area (Å²) >= 11 is 9.59. The number of nitrogens with zero attached hydrogens (tertiary/aromatic N) is 1. The number of halogens is 3. The summed E-state index contributed by atoms with van der Waals surface area (Å²) in [6.45, 7) is 0. The third kappa shape index (κ3) is 5.53. The fourth-order valence-electron chi connectivity index (χ4n) is 2.71. The Labute approximate surface area is 207 Å². The fraction of sp³-hybridized carbons (Fsp3) is 0.0476. The number of carbonyl (C=O) groups excluding carboxylic acids is 2. The highest BCUT2D eigenvalue weighted by Crippen LogP contribution is 2.34. The van der Waals surface area contributed by atoms with E-state index in [9.17, 15) is 24.8 Å². The number of carbonyl (C=O) groups is 2. The molecule has 0 aliphatic rings. The Hall–Kier alpha value is -2.76. The third-order valence-corrected chi connectivity index (χ3v) is 5.95. The van der Waals surface area contributed by atoms with Gasteiger partial charge in [0.1, 0.15) is 11.3 Å². The quantitative estimate of drug-likeness (QED) is 0.193. The predicted octanol–water partition coefficient (Wildman–Crippen LogP) is 6.12. The van der Waals surface area contributed by atoms with Gasteiger partial charge in [-0.1, -0.05) is 46.3 Å². The van der Waals surface area contributed by atoms with Crippen LogP contribution >= 0.6 is 47.8 Å². The molecule has 3 aromatic rings. The van der Waals surface area contributed by atoms with Gasteiger partial charge in [-0.3, -0.25) is 14.9 Å². The van der Waals surface area contributed by atoms with E-state index in [1.165, 1.54) is 24.3 Å². The number of aromatic hydroxyl groups is 1. The van der Waals surface area contributed by atoms with Gasteiger partial charge in [0.2, 0.25) is 6.10 Å². The Bertz CT molecular complexity index is 1200. The van der Waals surface area contributed by atoms with Gasteiger partial charge in [0.25, 0.3) is 11.6 Å². The molecule has 11 heteroatoms. The van der Waals surface area contributed by atoms with E-state index < -0.39 is 22.9 Å². The molecule has 2 N–H and O–H groups in total. The lowest BCUT2D eigenvalue weighted by Gasteiger charge is -2.19. The summed E-state index contributed by atoms with van der Waals surface area (Å²) in [5.41, 5.74) is 0.351. The van der Waals surface area contributed by atoms with Crippen LogP contribution in [0.3, 0.4) is 0 Å². The van der Waals surface area contributed by atoms with E-state index in [1.54, 1.807) is 36.4 Å². The van der Waals surface area contributed by atoms with Crippen LogP contribution in [0.2, 0.25) is 0 Å². The van der Waals surface area contributed by atoms with E-state index in [1.807, 2.05) is 0 Å². The molecule has 0 saturated heterocycles. The number of esters is 1. The van der Waals surface area contributed by atoms with Crippen molar-refractivity contribution >= 4 is 71.0 Å². The molecule has 0 aromatic heterocycles. The zero-order chi connectivity index (χ0) is 23.4. The van der Waals surface area contributed by atoms with Gasteiger partial charge < -0.3 is 15.2 Å². The number of ether oxygens (including phenoxy) is 1. The molecule has 164 valence electrons. The molecule has 0 radical (unpaired) electrons. The summed E-state index contributed by atoms with van der Waals surface area (Å²) in [5.74, 6) is -1.94. The number of nitrogens with one attached hydrogen (secondary N) is 1.